The molecule has 0 bridgehead atoms. The van der Waals surface area contributed by atoms with Gasteiger partial charge in [0.2, 0.25) is 0 Å². The lowest BCUT2D eigenvalue weighted by Gasteiger charge is -2.02. The van der Waals surface area contributed by atoms with Crippen molar-refractivity contribution in [3.63, 3.8) is 0 Å². The van der Waals surface area contributed by atoms with Crippen LogP contribution in [0.2, 0.25) is 0 Å². The monoisotopic (exact) mass is 210 g/mol. The van der Waals surface area contributed by atoms with Crippen LogP contribution in [0, 0.1) is 0 Å². The molecule has 0 saturated heterocycles. The van der Waals surface area contributed by atoms with Gasteiger partial charge in [-0.1, -0.05) is 0 Å². The summed E-state index contributed by atoms with van der Waals surface area (Å²) in [4.78, 5) is 6.87. The normalized spacial score (nSPS) is 10.4. The number of anilines is 2. The number of aromatic nitrogens is 2. The van der Waals surface area contributed by atoms with Gasteiger partial charge in [0, 0.05) is 14.1 Å². The maximum absolute atomic E-state index is 5.60. The maximum atomic E-state index is 5.60. The van der Waals surface area contributed by atoms with Gasteiger partial charge in [0.25, 0.3) is 11.8 Å². The van der Waals surface area contributed by atoms with E-state index in [-0.39, 0.29) is 0 Å². The number of rotatable bonds is 2. The number of nitrogens with zero attached hydrogens (tertiary/aromatic N) is 3. The quantitative estimate of drug-likeness (QED) is 0.812. The first-order chi connectivity index (χ1) is 6.66. The van der Waals surface area contributed by atoms with E-state index in [2.05, 4.69) is 10.1 Å². The summed E-state index contributed by atoms with van der Waals surface area (Å²) in [6.45, 7) is 0. The van der Waals surface area contributed by atoms with E-state index in [0.29, 0.717) is 11.8 Å². The summed E-state index contributed by atoms with van der Waals surface area (Å²) in [7, 11) is 3.72. The molecule has 0 aromatic carbocycles. The highest BCUT2D eigenvalue weighted by Crippen LogP contribution is 2.28. The molecule has 2 N–H and O–H groups in total. The fraction of sp³-hybridized carbons (Fsp3) is 0.250. The number of thiophene rings is 1. The van der Waals surface area contributed by atoms with E-state index in [1.165, 1.54) is 11.3 Å². The Hall–Kier alpha value is -1.56. The van der Waals surface area contributed by atoms with Crippen molar-refractivity contribution in [2.24, 2.45) is 0 Å². The SMILES string of the molecule is CN(C)c1noc(-c2ccc(N)s2)n1. The minimum absolute atomic E-state index is 0.510. The van der Waals surface area contributed by atoms with Gasteiger partial charge in [-0.3, -0.25) is 0 Å². The zero-order chi connectivity index (χ0) is 10.1. The molecule has 0 aliphatic heterocycles. The predicted molar refractivity (Wildman–Crippen MR) is 56.4 cm³/mol. The Kier molecular flexibility index (Phi) is 2.12. The zero-order valence-electron chi connectivity index (χ0n) is 7.89. The fourth-order valence-electron chi connectivity index (χ4n) is 0.965. The van der Waals surface area contributed by atoms with Gasteiger partial charge in [-0.2, -0.15) is 4.98 Å². The summed E-state index contributed by atoms with van der Waals surface area (Å²) >= 11 is 1.43. The highest BCUT2D eigenvalue weighted by molar-refractivity contribution is 7.19. The smallest absolute Gasteiger partial charge is 0.269 e. The molecule has 0 radical (unpaired) electrons. The van der Waals surface area contributed by atoms with Crippen molar-refractivity contribution in [2.45, 2.75) is 0 Å². The van der Waals surface area contributed by atoms with Crippen LogP contribution in [0.3, 0.4) is 0 Å². The summed E-state index contributed by atoms with van der Waals surface area (Å²) < 4.78 is 5.08. The Balaban J connectivity index is 2.33. The fourth-order valence-corrected chi connectivity index (χ4v) is 1.66. The van der Waals surface area contributed by atoms with Crippen LogP contribution in [0.1, 0.15) is 0 Å². The second-order valence-electron chi connectivity index (χ2n) is 3.00. The van der Waals surface area contributed by atoms with Gasteiger partial charge in [0.15, 0.2) is 0 Å². The molecular formula is C8H10N4OS. The molecule has 0 unspecified atom stereocenters. The number of nitrogens with two attached hydrogens (primary N) is 1. The summed E-state index contributed by atoms with van der Waals surface area (Å²) in [5.74, 6) is 1.07. The zero-order valence-corrected chi connectivity index (χ0v) is 8.71. The van der Waals surface area contributed by atoms with E-state index in [1.807, 2.05) is 26.2 Å². The second kappa shape index (κ2) is 3.30. The lowest BCUT2D eigenvalue weighted by atomic mass is 10.5. The first kappa shape index (κ1) is 9.01. The minimum Gasteiger partial charge on any atom is -0.391 e. The van der Waals surface area contributed by atoms with Crippen molar-refractivity contribution in [1.82, 2.24) is 10.1 Å². The Bertz CT molecular complexity index is 434. The van der Waals surface area contributed by atoms with Gasteiger partial charge in [0.1, 0.15) is 0 Å². The third kappa shape index (κ3) is 1.56. The molecule has 74 valence electrons. The molecular weight excluding hydrogens is 200 g/mol. The van der Waals surface area contributed by atoms with Gasteiger partial charge in [-0.25, -0.2) is 0 Å². The average molecular weight is 210 g/mol. The van der Waals surface area contributed by atoms with Gasteiger partial charge in [-0.05, 0) is 17.3 Å². The van der Waals surface area contributed by atoms with Crippen LogP contribution < -0.4 is 10.6 Å². The standard InChI is InChI=1S/C8H10N4OS/c1-12(2)8-10-7(13-11-8)5-3-4-6(9)14-5/h3-4H,9H2,1-2H3. The molecule has 5 nitrogen and oxygen atoms in total. The topological polar surface area (TPSA) is 68.2 Å². The first-order valence-corrected chi connectivity index (χ1v) is 4.85. The lowest BCUT2D eigenvalue weighted by molar-refractivity contribution is 0.431. The van der Waals surface area contributed by atoms with E-state index in [1.54, 1.807) is 4.90 Å². The molecule has 0 amide bonds. The van der Waals surface area contributed by atoms with Crippen LogP contribution in [0.4, 0.5) is 10.9 Å². The number of hydrogen-bond donors (Lipinski definition) is 1. The third-order valence-electron chi connectivity index (χ3n) is 1.65. The number of hydrogen-bond acceptors (Lipinski definition) is 6. The van der Waals surface area contributed by atoms with Crippen molar-refractivity contribution < 1.29 is 4.52 Å². The molecule has 0 aliphatic rings. The molecule has 0 aliphatic carbocycles. The molecule has 2 rings (SSSR count). The highest BCUT2D eigenvalue weighted by Gasteiger charge is 2.11. The molecule has 6 heteroatoms. The lowest BCUT2D eigenvalue weighted by Crippen LogP contribution is -2.09. The number of nitrogen functional groups attached to an aromatic ring is 1. The predicted octanol–water partition coefficient (Wildman–Crippen LogP) is 1.45. The van der Waals surface area contributed by atoms with Gasteiger partial charge >= 0.3 is 0 Å². The Morgan fingerprint density at radius 3 is 2.71 bits per heavy atom. The first-order valence-electron chi connectivity index (χ1n) is 4.03. The molecule has 0 atom stereocenters. The van der Waals surface area contributed by atoms with E-state index < -0.39 is 0 Å². The van der Waals surface area contributed by atoms with E-state index >= 15 is 0 Å². The average Bonchev–Trinajstić information content (AvgIpc) is 2.70. The summed E-state index contributed by atoms with van der Waals surface area (Å²) in [6.07, 6.45) is 0. The Labute approximate surface area is 85.1 Å². The summed E-state index contributed by atoms with van der Waals surface area (Å²) in [6, 6.07) is 3.69. The Morgan fingerprint density at radius 1 is 1.43 bits per heavy atom. The summed E-state index contributed by atoms with van der Waals surface area (Å²) in [5, 5.41) is 4.55. The van der Waals surface area contributed by atoms with Crippen LogP contribution in [-0.4, -0.2) is 24.2 Å². The summed E-state index contributed by atoms with van der Waals surface area (Å²) in [5.41, 5.74) is 5.60. The molecule has 2 aromatic heterocycles. The van der Waals surface area contributed by atoms with E-state index in [4.69, 9.17) is 10.3 Å². The van der Waals surface area contributed by atoms with Crippen LogP contribution >= 0.6 is 11.3 Å². The molecule has 0 saturated carbocycles. The highest BCUT2D eigenvalue weighted by atomic mass is 32.1. The molecule has 0 fully saturated rings. The molecule has 2 aromatic rings. The van der Waals surface area contributed by atoms with E-state index in [9.17, 15) is 0 Å². The van der Waals surface area contributed by atoms with Gasteiger partial charge < -0.3 is 15.2 Å². The van der Waals surface area contributed by atoms with Crippen molar-refractivity contribution >= 4 is 22.3 Å². The van der Waals surface area contributed by atoms with Crippen molar-refractivity contribution in [3.05, 3.63) is 12.1 Å². The minimum atomic E-state index is 0.510. The van der Waals surface area contributed by atoms with Gasteiger partial charge in [0.05, 0.1) is 9.88 Å². The van der Waals surface area contributed by atoms with Crippen LogP contribution in [-0.2, 0) is 0 Å². The van der Waals surface area contributed by atoms with Crippen molar-refractivity contribution in [1.29, 1.82) is 0 Å². The Morgan fingerprint density at radius 2 is 2.21 bits per heavy atom. The van der Waals surface area contributed by atoms with Crippen LogP contribution in [0.25, 0.3) is 10.8 Å². The largest absolute Gasteiger partial charge is 0.391 e. The molecule has 2 heterocycles. The molecule has 0 spiro atoms. The van der Waals surface area contributed by atoms with Crippen molar-refractivity contribution in [3.8, 4) is 10.8 Å². The van der Waals surface area contributed by atoms with Crippen LogP contribution in [0.15, 0.2) is 16.7 Å². The maximum Gasteiger partial charge on any atom is 0.269 e. The van der Waals surface area contributed by atoms with Gasteiger partial charge in [-0.15, -0.1) is 11.3 Å². The molecule has 14 heavy (non-hydrogen) atoms. The third-order valence-corrected chi connectivity index (χ3v) is 2.56. The van der Waals surface area contributed by atoms with E-state index in [0.717, 1.165) is 9.88 Å². The van der Waals surface area contributed by atoms with Crippen LogP contribution in [0.5, 0.6) is 0 Å². The second-order valence-corrected chi connectivity index (χ2v) is 4.11. The van der Waals surface area contributed by atoms with Crippen molar-refractivity contribution in [2.75, 3.05) is 24.7 Å².